The van der Waals surface area contributed by atoms with Gasteiger partial charge < -0.3 is 14.9 Å². The third kappa shape index (κ3) is 1.22. The molecule has 2 aliphatic heterocycles. The molecule has 2 bridgehead atoms. The molecule has 0 aliphatic carbocycles. The van der Waals surface area contributed by atoms with Crippen molar-refractivity contribution in [3.05, 3.63) is 23.8 Å². The van der Waals surface area contributed by atoms with Crippen molar-refractivity contribution in [1.82, 2.24) is 0 Å². The molecule has 74 valence electrons. The first-order valence-electron chi connectivity index (χ1n) is 4.10. The minimum absolute atomic E-state index is 0.317. The Kier molecular flexibility index (Phi) is 1.89. The number of carboxylic acid groups (broad SMARTS) is 2. The average Bonchev–Trinajstić information content (AvgIpc) is 2.61. The number of carboxylic acids is 2. The van der Waals surface area contributed by atoms with Crippen LogP contribution in [0.15, 0.2) is 23.8 Å². The van der Waals surface area contributed by atoms with Crippen LogP contribution < -0.4 is 0 Å². The molecule has 2 N–H and O–H groups in total. The van der Waals surface area contributed by atoms with Crippen LogP contribution in [0.25, 0.3) is 0 Å². The van der Waals surface area contributed by atoms with Crippen LogP contribution in [0.3, 0.4) is 0 Å². The summed E-state index contributed by atoms with van der Waals surface area (Å²) in [6, 6.07) is 0. The van der Waals surface area contributed by atoms with Gasteiger partial charge in [0.1, 0.15) is 5.92 Å². The molecule has 2 aliphatic rings. The molecule has 2 heterocycles. The molecule has 2 rings (SSSR count). The normalized spacial score (nSPS) is 36.6. The van der Waals surface area contributed by atoms with E-state index in [0.29, 0.717) is 5.57 Å². The number of rotatable bonds is 2. The zero-order valence-electron chi connectivity index (χ0n) is 7.08. The van der Waals surface area contributed by atoms with E-state index < -0.39 is 30.1 Å². The van der Waals surface area contributed by atoms with Gasteiger partial charge in [0, 0.05) is 6.08 Å². The van der Waals surface area contributed by atoms with E-state index in [9.17, 15) is 9.59 Å². The van der Waals surface area contributed by atoms with Crippen molar-refractivity contribution in [1.29, 1.82) is 0 Å². The summed E-state index contributed by atoms with van der Waals surface area (Å²) in [5, 5.41) is 17.4. The van der Waals surface area contributed by atoms with Crippen LogP contribution in [-0.4, -0.2) is 34.4 Å². The molecule has 0 aromatic carbocycles. The van der Waals surface area contributed by atoms with Crippen molar-refractivity contribution >= 4 is 11.9 Å². The highest BCUT2D eigenvalue weighted by Gasteiger charge is 2.45. The zero-order valence-corrected chi connectivity index (χ0v) is 7.08. The van der Waals surface area contributed by atoms with Crippen LogP contribution >= 0.6 is 0 Å². The summed E-state index contributed by atoms with van der Waals surface area (Å²) in [6.45, 7) is 0. The van der Waals surface area contributed by atoms with E-state index in [0.717, 1.165) is 6.08 Å². The quantitative estimate of drug-likeness (QED) is 0.481. The van der Waals surface area contributed by atoms with Crippen LogP contribution in [-0.2, 0) is 14.3 Å². The first-order valence-corrected chi connectivity index (χ1v) is 4.10. The van der Waals surface area contributed by atoms with Gasteiger partial charge in [-0.15, -0.1) is 0 Å². The standard InChI is InChI=1S/C9H8O5/c10-7(11)3-4-5-1-2-6(14-5)8(4)9(12)13/h1-3,5-6,8H,(H,10,11)(H,12,13)/b4-3+/t5-,6+,8+/m1/s1. The minimum Gasteiger partial charge on any atom is -0.481 e. The Morgan fingerprint density at radius 2 is 2.07 bits per heavy atom. The Bertz CT molecular complexity index is 354. The van der Waals surface area contributed by atoms with E-state index in [1.807, 2.05) is 0 Å². The van der Waals surface area contributed by atoms with Gasteiger partial charge in [-0.2, -0.15) is 0 Å². The molecular formula is C9H8O5. The maximum Gasteiger partial charge on any atom is 0.328 e. The van der Waals surface area contributed by atoms with Crippen molar-refractivity contribution in [2.45, 2.75) is 12.2 Å². The van der Waals surface area contributed by atoms with Crippen LogP contribution in [0.5, 0.6) is 0 Å². The molecule has 1 saturated heterocycles. The molecule has 5 heteroatoms. The van der Waals surface area contributed by atoms with Gasteiger partial charge in [-0.25, -0.2) is 4.79 Å². The van der Waals surface area contributed by atoms with Gasteiger partial charge in [0.15, 0.2) is 0 Å². The highest BCUT2D eigenvalue weighted by atomic mass is 16.5. The fourth-order valence-electron chi connectivity index (χ4n) is 1.81. The Morgan fingerprint density at radius 1 is 1.36 bits per heavy atom. The molecule has 0 spiro atoms. The monoisotopic (exact) mass is 196 g/mol. The first kappa shape index (κ1) is 8.96. The van der Waals surface area contributed by atoms with Gasteiger partial charge in [-0.3, -0.25) is 4.79 Å². The van der Waals surface area contributed by atoms with Gasteiger partial charge in [0.05, 0.1) is 12.2 Å². The molecule has 0 radical (unpaired) electrons. The second-order valence-corrected chi connectivity index (χ2v) is 3.20. The van der Waals surface area contributed by atoms with Crippen molar-refractivity contribution in [3.63, 3.8) is 0 Å². The Hall–Kier alpha value is -1.62. The summed E-state index contributed by atoms with van der Waals surface area (Å²) < 4.78 is 5.24. The maximum atomic E-state index is 10.8. The fraction of sp³-hybridized carbons (Fsp3) is 0.333. The van der Waals surface area contributed by atoms with Gasteiger partial charge in [-0.1, -0.05) is 12.2 Å². The summed E-state index contributed by atoms with van der Waals surface area (Å²) in [5.41, 5.74) is 0.317. The third-order valence-corrected chi connectivity index (χ3v) is 2.35. The number of carbonyl (C=O) groups is 2. The Morgan fingerprint density at radius 3 is 2.64 bits per heavy atom. The third-order valence-electron chi connectivity index (χ3n) is 2.35. The number of aliphatic carboxylic acids is 2. The van der Waals surface area contributed by atoms with Crippen molar-refractivity contribution in [2.75, 3.05) is 0 Å². The molecule has 0 aromatic heterocycles. The topological polar surface area (TPSA) is 83.8 Å². The lowest BCUT2D eigenvalue weighted by Crippen LogP contribution is -2.25. The lowest BCUT2D eigenvalue weighted by molar-refractivity contribution is -0.141. The molecule has 1 fully saturated rings. The highest BCUT2D eigenvalue weighted by molar-refractivity contribution is 5.85. The van der Waals surface area contributed by atoms with E-state index >= 15 is 0 Å². The second-order valence-electron chi connectivity index (χ2n) is 3.20. The smallest absolute Gasteiger partial charge is 0.328 e. The number of hydrogen-bond acceptors (Lipinski definition) is 3. The number of ether oxygens (including phenoxy) is 1. The van der Waals surface area contributed by atoms with Crippen LogP contribution in [0, 0.1) is 5.92 Å². The highest BCUT2D eigenvalue weighted by Crippen LogP contribution is 2.38. The number of fused-ring (bicyclic) bond motifs is 2. The minimum atomic E-state index is -1.14. The average molecular weight is 196 g/mol. The molecule has 14 heavy (non-hydrogen) atoms. The van der Waals surface area contributed by atoms with E-state index in [4.69, 9.17) is 14.9 Å². The van der Waals surface area contributed by atoms with Crippen molar-refractivity contribution in [2.24, 2.45) is 5.92 Å². The Labute approximate surface area is 79.3 Å². The van der Waals surface area contributed by atoms with E-state index in [2.05, 4.69) is 0 Å². The van der Waals surface area contributed by atoms with E-state index in [1.54, 1.807) is 12.2 Å². The summed E-state index contributed by atoms with van der Waals surface area (Å²) >= 11 is 0. The Balaban J connectivity index is 2.36. The summed E-state index contributed by atoms with van der Waals surface area (Å²) in [4.78, 5) is 21.3. The molecule has 0 amide bonds. The predicted octanol–water partition coefficient (Wildman–Crippen LogP) is 0.0354. The van der Waals surface area contributed by atoms with Crippen molar-refractivity contribution < 1.29 is 24.5 Å². The van der Waals surface area contributed by atoms with Gasteiger partial charge in [-0.05, 0) is 5.57 Å². The van der Waals surface area contributed by atoms with Gasteiger partial charge in [0.2, 0.25) is 0 Å². The summed E-state index contributed by atoms with van der Waals surface area (Å²) in [7, 11) is 0. The molecule has 0 saturated carbocycles. The SMILES string of the molecule is O=C(O)/C=C1\[C@H]2C=C[C@H](O2)[C@H]1C(=O)O. The maximum absolute atomic E-state index is 10.8. The summed E-state index contributed by atoms with van der Waals surface area (Å²) in [5.74, 6) is -3.04. The van der Waals surface area contributed by atoms with E-state index in [1.165, 1.54) is 0 Å². The van der Waals surface area contributed by atoms with Crippen molar-refractivity contribution in [3.8, 4) is 0 Å². The fourth-order valence-corrected chi connectivity index (χ4v) is 1.81. The lowest BCUT2D eigenvalue weighted by atomic mass is 9.88. The molecular weight excluding hydrogens is 188 g/mol. The van der Waals surface area contributed by atoms with Crippen LogP contribution in [0.1, 0.15) is 0 Å². The first-order chi connectivity index (χ1) is 6.59. The van der Waals surface area contributed by atoms with Crippen LogP contribution in [0.4, 0.5) is 0 Å². The predicted molar refractivity (Wildman–Crippen MR) is 44.6 cm³/mol. The molecule has 5 nitrogen and oxygen atoms in total. The van der Waals surface area contributed by atoms with E-state index in [-0.39, 0.29) is 0 Å². The number of hydrogen-bond donors (Lipinski definition) is 2. The van der Waals surface area contributed by atoms with Gasteiger partial charge in [0.25, 0.3) is 0 Å². The summed E-state index contributed by atoms with van der Waals surface area (Å²) in [6.07, 6.45) is 3.27. The van der Waals surface area contributed by atoms with Crippen LogP contribution in [0.2, 0.25) is 0 Å². The molecule has 0 unspecified atom stereocenters. The second kappa shape index (κ2) is 2.95. The molecule has 3 atom stereocenters. The zero-order chi connectivity index (χ0) is 10.3. The lowest BCUT2D eigenvalue weighted by Gasteiger charge is -2.12. The molecule has 0 aromatic rings. The largest absolute Gasteiger partial charge is 0.481 e. The van der Waals surface area contributed by atoms with Gasteiger partial charge >= 0.3 is 11.9 Å².